The van der Waals surface area contributed by atoms with E-state index in [4.69, 9.17) is 0 Å². The van der Waals surface area contributed by atoms with Gasteiger partial charge in [0, 0.05) is 39.3 Å². The molecule has 0 aliphatic carbocycles. The summed E-state index contributed by atoms with van der Waals surface area (Å²) >= 11 is 0. The molecular formula is C18H29N5O2. The molecule has 1 aromatic heterocycles. The highest BCUT2D eigenvalue weighted by Gasteiger charge is 2.28. The van der Waals surface area contributed by atoms with E-state index in [-0.39, 0.29) is 17.4 Å². The van der Waals surface area contributed by atoms with E-state index in [9.17, 15) is 9.59 Å². The molecule has 0 bridgehead atoms. The zero-order valence-electron chi connectivity index (χ0n) is 15.3. The Balaban J connectivity index is 1.42. The summed E-state index contributed by atoms with van der Waals surface area (Å²) < 4.78 is 1.34. The number of hydrogen-bond donors (Lipinski definition) is 1. The summed E-state index contributed by atoms with van der Waals surface area (Å²) in [6.07, 6.45) is 4.79. The molecule has 0 radical (unpaired) electrons. The predicted molar refractivity (Wildman–Crippen MR) is 97.6 cm³/mol. The fourth-order valence-electron chi connectivity index (χ4n) is 3.75. The van der Waals surface area contributed by atoms with Crippen LogP contribution in [0.3, 0.4) is 0 Å². The smallest absolute Gasteiger partial charge is 0.268 e. The SMILES string of the molecule is CCN1CCC(C(=O)NCC2CCN(c3cnn(C)c(=O)c3)CC2)C1. The summed E-state index contributed by atoms with van der Waals surface area (Å²) in [5.74, 6) is 0.893. The van der Waals surface area contributed by atoms with Crippen molar-refractivity contribution in [3.8, 4) is 0 Å². The third-order valence-corrected chi connectivity index (χ3v) is 5.59. The van der Waals surface area contributed by atoms with Crippen molar-refractivity contribution in [1.29, 1.82) is 0 Å². The minimum Gasteiger partial charge on any atom is -0.370 e. The van der Waals surface area contributed by atoms with Crippen LogP contribution < -0.4 is 15.8 Å². The van der Waals surface area contributed by atoms with Crippen LogP contribution in [0.1, 0.15) is 26.2 Å². The third kappa shape index (κ3) is 4.39. The van der Waals surface area contributed by atoms with Crippen LogP contribution >= 0.6 is 0 Å². The lowest BCUT2D eigenvalue weighted by molar-refractivity contribution is -0.124. The van der Waals surface area contributed by atoms with Gasteiger partial charge in [0.15, 0.2) is 0 Å². The summed E-state index contributed by atoms with van der Waals surface area (Å²) in [6, 6.07) is 1.65. The maximum absolute atomic E-state index is 12.3. The van der Waals surface area contributed by atoms with E-state index in [1.165, 1.54) is 4.68 Å². The molecule has 2 fully saturated rings. The Morgan fingerprint density at radius 1 is 1.28 bits per heavy atom. The lowest BCUT2D eigenvalue weighted by Crippen LogP contribution is -2.41. The first-order valence-corrected chi connectivity index (χ1v) is 9.35. The van der Waals surface area contributed by atoms with Gasteiger partial charge in [-0.25, -0.2) is 4.68 Å². The number of aromatic nitrogens is 2. The van der Waals surface area contributed by atoms with Crippen LogP contribution in [0.25, 0.3) is 0 Å². The Labute approximate surface area is 149 Å². The number of carbonyl (C=O) groups excluding carboxylic acids is 1. The maximum atomic E-state index is 12.3. The Hall–Kier alpha value is -1.89. The lowest BCUT2D eigenvalue weighted by atomic mass is 9.96. The van der Waals surface area contributed by atoms with Gasteiger partial charge >= 0.3 is 0 Å². The molecule has 0 spiro atoms. The topological polar surface area (TPSA) is 70.5 Å². The van der Waals surface area contributed by atoms with Crippen LogP contribution in [-0.4, -0.2) is 59.9 Å². The van der Waals surface area contributed by atoms with Crippen molar-refractivity contribution in [2.24, 2.45) is 18.9 Å². The fourth-order valence-corrected chi connectivity index (χ4v) is 3.75. The van der Waals surface area contributed by atoms with Crippen LogP contribution in [0.4, 0.5) is 5.69 Å². The van der Waals surface area contributed by atoms with Crippen LogP contribution in [-0.2, 0) is 11.8 Å². The molecule has 2 aliphatic rings. The van der Waals surface area contributed by atoms with Crippen molar-refractivity contribution in [2.45, 2.75) is 26.2 Å². The molecule has 1 unspecified atom stereocenters. The lowest BCUT2D eigenvalue weighted by Gasteiger charge is -2.33. The van der Waals surface area contributed by atoms with E-state index in [2.05, 4.69) is 27.1 Å². The van der Waals surface area contributed by atoms with E-state index in [1.54, 1.807) is 19.3 Å². The second-order valence-corrected chi connectivity index (χ2v) is 7.23. The Kier molecular flexibility index (Phi) is 5.73. The van der Waals surface area contributed by atoms with Gasteiger partial charge in [0.25, 0.3) is 5.56 Å². The summed E-state index contributed by atoms with van der Waals surface area (Å²) in [5, 5.41) is 7.25. The number of nitrogens with one attached hydrogen (secondary N) is 1. The van der Waals surface area contributed by atoms with Gasteiger partial charge in [0.2, 0.25) is 5.91 Å². The van der Waals surface area contributed by atoms with Crippen LogP contribution in [0, 0.1) is 11.8 Å². The summed E-state index contributed by atoms with van der Waals surface area (Å²) in [7, 11) is 1.66. The van der Waals surface area contributed by atoms with Gasteiger partial charge in [-0.2, -0.15) is 5.10 Å². The molecule has 138 valence electrons. The average Bonchev–Trinajstić information content (AvgIpc) is 3.12. The van der Waals surface area contributed by atoms with Gasteiger partial charge in [0.05, 0.1) is 17.8 Å². The van der Waals surface area contributed by atoms with Crippen molar-refractivity contribution in [1.82, 2.24) is 20.0 Å². The average molecular weight is 347 g/mol. The number of piperidine rings is 1. The van der Waals surface area contributed by atoms with Crippen molar-refractivity contribution in [3.63, 3.8) is 0 Å². The molecule has 1 amide bonds. The molecule has 0 saturated carbocycles. The number of amides is 1. The fraction of sp³-hybridized carbons (Fsp3) is 0.722. The first kappa shape index (κ1) is 17.9. The summed E-state index contributed by atoms with van der Waals surface area (Å²) in [5.41, 5.74) is 0.820. The van der Waals surface area contributed by atoms with Gasteiger partial charge < -0.3 is 15.1 Å². The van der Waals surface area contributed by atoms with Crippen LogP contribution in [0.5, 0.6) is 0 Å². The Morgan fingerprint density at radius 2 is 2.04 bits per heavy atom. The van der Waals surface area contributed by atoms with Crippen molar-refractivity contribution < 1.29 is 4.79 Å². The second kappa shape index (κ2) is 7.99. The Bertz CT molecular complexity index is 651. The van der Waals surface area contributed by atoms with E-state index in [0.717, 1.165) is 64.2 Å². The van der Waals surface area contributed by atoms with Crippen molar-refractivity contribution in [2.75, 3.05) is 44.2 Å². The number of aryl methyl sites for hydroxylation is 1. The molecular weight excluding hydrogens is 318 g/mol. The summed E-state index contributed by atoms with van der Waals surface area (Å²) in [6.45, 7) is 7.69. The van der Waals surface area contributed by atoms with Gasteiger partial charge in [-0.15, -0.1) is 0 Å². The predicted octanol–water partition coefficient (Wildman–Crippen LogP) is 0.455. The first-order valence-electron chi connectivity index (χ1n) is 9.35. The standard InChI is InChI=1S/C18H29N5O2/c1-3-22-7-6-15(13-22)18(25)19-11-14-4-8-23(9-5-14)16-10-17(24)21(2)20-12-16/h10,12,14-15H,3-9,11,13H2,1-2H3,(H,19,25). The molecule has 1 atom stereocenters. The van der Waals surface area contributed by atoms with Gasteiger partial charge in [0.1, 0.15) is 0 Å². The van der Waals surface area contributed by atoms with E-state index >= 15 is 0 Å². The minimum absolute atomic E-state index is 0.0791. The highest BCUT2D eigenvalue weighted by molar-refractivity contribution is 5.79. The number of likely N-dealkylation sites (tertiary alicyclic amines) is 1. The molecule has 1 N–H and O–H groups in total. The number of rotatable bonds is 5. The van der Waals surface area contributed by atoms with E-state index in [1.807, 2.05) is 0 Å². The van der Waals surface area contributed by atoms with E-state index < -0.39 is 0 Å². The zero-order valence-corrected chi connectivity index (χ0v) is 15.3. The molecule has 7 nitrogen and oxygen atoms in total. The molecule has 2 saturated heterocycles. The first-order chi connectivity index (χ1) is 12.1. The van der Waals surface area contributed by atoms with Crippen LogP contribution in [0.15, 0.2) is 17.1 Å². The quantitative estimate of drug-likeness (QED) is 0.838. The van der Waals surface area contributed by atoms with Crippen LogP contribution in [0.2, 0.25) is 0 Å². The monoisotopic (exact) mass is 347 g/mol. The maximum Gasteiger partial charge on any atom is 0.268 e. The molecule has 3 heterocycles. The van der Waals surface area contributed by atoms with Crippen molar-refractivity contribution in [3.05, 3.63) is 22.6 Å². The number of anilines is 1. The third-order valence-electron chi connectivity index (χ3n) is 5.59. The normalized spacial score (nSPS) is 22.3. The number of nitrogens with zero attached hydrogens (tertiary/aromatic N) is 4. The molecule has 25 heavy (non-hydrogen) atoms. The molecule has 2 aliphatic heterocycles. The number of hydrogen-bond acceptors (Lipinski definition) is 5. The molecule has 1 aromatic rings. The van der Waals surface area contributed by atoms with E-state index in [0.29, 0.717) is 5.92 Å². The van der Waals surface area contributed by atoms with Gasteiger partial charge in [-0.3, -0.25) is 9.59 Å². The molecule has 7 heteroatoms. The minimum atomic E-state index is -0.0791. The number of carbonyl (C=O) groups is 1. The largest absolute Gasteiger partial charge is 0.370 e. The zero-order chi connectivity index (χ0) is 17.8. The molecule has 0 aromatic carbocycles. The molecule has 3 rings (SSSR count). The second-order valence-electron chi connectivity index (χ2n) is 7.23. The van der Waals surface area contributed by atoms with Crippen molar-refractivity contribution >= 4 is 11.6 Å². The summed E-state index contributed by atoms with van der Waals surface area (Å²) in [4.78, 5) is 28.6. The van der Waals surface area contributed by atoms with Gasteiger partial charge in [-0.1, -0.05) is 6.92 Å². The van der Waals surface area contributed by atoms with Gasteiger partial charge in [-0.05, 0) is 38.3 Å². The Morgan fingerprint density at radius 3 is 2.68 bits per heavy atom. The highest BCUT2D eigenvalue weighted by atomic mass is 16.2. The highest BCUT2D eigenvalue weighted by Crippen LogP contribution is 2.22.